The van der Waals surface area contributed by atoms with E-state index < -0.39 is 0 Å². The van der Waals surface area contributed by atoms with Crippen LogP contribution in [0.25, 0.3) is 0 Å². The van der Waals surface area contributed by atoms with Crippen molar-refractivity contribution in [3.05, 3.63) is 0 Å². The third kappa shape index (κ3) is 6.39. The number of nitrogens with one attached hydrogen (secondary N) is 1. The lowest BCUT2D eigenvalue weighted by Gasteiger charge is -2.33. The van der Waals surface area contributed by atoms with Gasteiger partial charge in [-0.3, -0.25) is 5.32 Å². The van der Waals surface area contributed by atoms with E-state index in [4.69, 9.17) is 4.74 Å². The highest BCUT2D eigenvalue weighted by molar-refractivity contribution is 4.72. The quantitative estimate of drug-likeness (QED) is 0.703. The summed E-state index contributed by atoms with van der Waals surface area (Å²) in [4.78, 5) is 0. The highest BCUT2D eigenvalue weighted by Gasteiger charge is 2.23. The van der Waals surface area contributed by atoms with Crippen LogP contribution in [0.4, 0.5) is 0 Å². The van der Waals surface area contributed by atoms with Crippen molar-refractivity contribution in [2.24, 2.45) is 5.92 Å². The standard InChI is InChI=1S/C10H21NO.C2H6/c1-8-5-6-11-9(7-8)12-10(2,3)4;1-2/h8-9,11H,5-7H2,1-4H3;1-2H3. The van der Waals surface area contributed by atoms with Crippen LogP contribution >= 0.6 is 0 Å². The second-order valence-corrected chi connectivity index (χ2v) is 4.80. The Morgan fingerprint density at radius 3 is 2.21 bits per heavy atom. The molecule has 0 aromatic heterocycles. The highest BCUT2D eigenvalue weighted by Crippen LogP contribution is 2.20. The maximum absolute atomic E-state index is 5.84. The number of hydrogen-bond donors (Lipinski definition) is 1. The summed E-state index contributed by atoms with van der Waals surface area (Å²) in [5.74, 6) is 0.804. The topological polar surface area (TPSA) is 21.3 Å². The molecule has 2 nitrogen and oxygen atoms in total. The summed E-state index contributed by atoms with van der Waals surface area (Å²) >= 11 is 0. The maximum atomic E-state index is 5.84. The first-order chi connectivity index (χ1) is 6.47. The van der Waals surface area contributed by atoms with Crippen LogP contribution in [0.2, 0.25) is 0 Å². The molecule has 1 fully saturated rings. The van der Waals surface area contributed by atoms with E-state index in [2.05, 4.69) is 33.0 Å². The molecule has 0 aliphatic carbocycles. The Bertz CT molecular complexity index is 140. The summed E-state index contributed by atoms with van der Waals surface area (Å²) in [7, 11) is 0. The molecule has 1 aliphatic rings. The Morgan fingerprint density at radius 1 is 1.21 bits per heavy atom. The van der Waals surface area contributed by atoms with Crippen LogP contribution in [0.5, 0.6) is 0 Å². The molecule has 0 saturated carbocycles. The molecule has 2 atom stereocenters. The summed E-state index contributed by atoms with van der Waals surface area (Å²) in [6.45, 7) is 13.7. The van der Waals surface area contributed by atoms with Gasteiger partial charge in [-0.1, -0.05) is 20.8 Å². The van der Waals surface area contributed by atoms with Gasteiger partial charge in [0.15, 0.2) is 0 Å². The molecule has 0 bridgehead atoms. The van der Waals surface area contributed by atoms with Crippen molar-refractivity contribution >= 4 is 0 Å². The van der Waals surface area contributed by atoms with Gasteiger partial charge < -0.3 is 4.74 Å². The Hall–Kier alpha value is -0.0800. The van der Waals surface area contributed by atoms with Gasteiger partial charge in [-0.15, -0.1) is 0 Å². The predicted octanol–water partition coefficient (Wildman–Crippen LogP) is 3.17. The van der Waals surface area contributed by atoms with Crippen molar-refractivity contribution in [2.45, 2.75) is 66.2 Å². The summed E-state index contributed by atoms with van der Waals surface area (Å²) < 4.78 is 5.84. The summed E-state index contributed by atoms with van der Waals surface area (Å²) in [5, 5.41) is 3.38. The van der Waals surface area contributed by atoms with E-state index in [9.17, 15) is 0 Å². The zero-order valence-electron chi connectivity index (χ0n) is 10.7. The average molecular weight is 201 g/mol. The first-order valence-electron chi connectivity index (χ1n) is 5.88. The zero-order chi connectivity index (χ0) is 11.2. The second kappa shape index (κ2) is 6.41. The Kier molecular flexibility index (Phi) is 6.38. The lowest BCUT2D eigenvalue weighted by Crippen LogP contribution is -2.43. The molecule has 1 saturated heterocycles. The van der Waals surface area contributed by atoms with Gasteiger partial charge in [0.05, 0.1) is 5.60 Å². The van der Waals surface area contributed by atoms with E-state index >= 15 is 0 Å². The maximum Gasteiger partial charge on any atom is 0.109 e. The minimum Gasteiger partial charge on any atom is -0.358 e. The van der Waals surface area contributed by atoms with Crippen LogP contribution < -0.4 is 5.32 Å². The van der Waals surface area contributed by atoms with Crippen LogP contribution in [0.3, 0.4) is 0 Å². The van der Waals surface area contributed by atoms with E-state index in [1.165, 1.54) is 6.42 Å². The number of hydrogen-bond acceptors (Lipinski definition) is 2. The molecule has 14 heavy (non-hydrogen) atoms. The van der Waals surface area contributed by atoms with E-state index in [0.717, 1.165) is 18.9 Å². The second-order valence-electron chi connectivity index (χ2n) is 4.80. The normalized spacial score (nSPS) is 27.9. The zero-order valence-corrected chi connectivity index (χ0v) is 10.7. The van der Waals surface area contributed by atoms with Gasteiger partial charge >= 0.3 is 0 Å². The number of piperidine rings is 1. The molecule has 2 heteroatoms. The minimum absolute atomic E-state index is 0.0191. The predicted molar refractivity (Wildman–Crippen MR) is 62.4 cm³/mol. The summed E-state index contributed by atoms with van der Waals surface area (Å²) in [6, 6.07) is 0. The molecule has 0 radical (unpaired) electrons. The molecule has 1 heterocycles. The van der Waals surface area contributed by atoms with Crippen LogP contribution in [-0.4, -0.2) is 18.4 Å². The molecule has 1 aliphatic heterocycles. The molecular formula is C12H27NO. The summed E-state index contributed by atoms with van der Waals surface area (Å²) in [6.07, 6.45) is 2.70. The lowest BCUT2D eigenvalue weighted by molar-refractivity contribution is -0.0911. The van der Waals surface area contributed by atoms with Crippen molar-refractivity contribution in [1.29, 1.82) is 0 Å². The fourth-order valence-corrected chi connectivity index (χ4v) is 1.57. The van der Waals surface area contributed by atoms with Gasteiger partial charge in [0.2, 0.25) is 0 Å². The fraction of sp³-hybridized carbons (Fsp3) is 1.00. The lowest BCUT2D eigenvalue weighted by atomic mass is 9.99. The van der Waals surface area contributed by atoms with Gasteiger partial charge in [-0.05, 0) is 46.1 Å². The van der Waals surface area contributed by atoms with Crippen molar-refractivity contribution in [1.82, 2.24) is 5.32 Å². The SMILES string of the molecule is CC.CC1CCNC(OC(C)(C)C)C1. The van der Waals surface area contributed by atoms with E-state index in [0.29, 0.717) is 0 Å². The van der Waals surface area contributed by atoms with Gasteiger partial charge in [0, 0.05) is 0 Å². The Labute approximate surface area is 89.4 Å². The van der Waals surface area contributed by atoms with Crippen LogP contribution in [0.15, 0.2) is 0 Å². The van der Waals surface area contributed by atoms with Crippen molar-refractivity contribution in [3.8, 4) is 0 Å². The molecule has 0 spiro atoms. The molecular weight excluding hydrogens is 174 g/mol. The molecule has 1 rings (SSSR count). The summed E-state index contributed by atoms with van der Waals surface area (Å²) in [5.41, 5.74) is -0.0191. The Balaban J connectivity index is 0.000000791. The minimum atomic E-state index is -0.0191. The third-order valence-electron chi connectivity index (χ3n) is 2.12. The van der Waals surface area contributed by atoms with Crippen LogP contribution in [0.1, 0.15) is 54.4 Å². The van der Waals surface area contributed by atoms with Crippen LogP contribution in [-0.2, 0) is 4.74 Å². The van der Waals surface area contributed by atoms with Gasteiger partial charge in [0.25, 0.3) is 0 Å². The molecule has 0 aromatic carbocycles. The third-order valence-corrected chi connectivity index (χ3v) is 2.12. The Morgan fingerprint density at radius 2 is 1.79 bits per heavy atom. The average Bonchev–Trinajstić information content (AvgIpc) is 2.04. The van der Waals surface area contributed by atoms with E-state index in [-0.39, 0.29) is 11.8 Å². The van der Waals surface area contributed by atoms with Crippen molar-refractivity contribution in [2.75, 3.05) is 6.54 Å². The molecule has 2 unspecified atom stereocenters. The van der Waals surface area contributed by atoms with Gasteiger partial charge in [0.1, 0.15) is 6.23 Å². The van der Waals surface area contributed by atoms with E-state index in [1.807, 2.05) is 13.8 Å². The molecule has 1 N–H and O–H groups in total. The van der Waals surface area contributed by atoms with Crippen molar-refractivity contribution < 1.29 is 4.74 Å². The number of ether oxygens (including phenoxy) is 1. The first-order valence-corrected chi connectivity index (χ1v) is 5.88. The first kappa shape index (κ1) is 13.9. The molecule has 86 valence electrons. The smallest absolute Gasteiger partial charge is 0.109 e. The van der Waals surface area contributed by atoms with Crippen LogP contribution in [0, 0.1) is 5.92 Å². The van der Waals surface area contributed by atoms with Crippen molar-refractivity contribution in [3.63, 3.8) is 0 Å². The molecule has 0 amide bonds. The molecule has 0 aromatic rings. The van der Waals surface area contributed by atoms with Gasteiger partial charge in [-0.2, -0.15) is 0 Å². The number of rotatable bonds is 1. The van der Waals surface area contributed by atoms with E-state index in [1.54, 1.807) is 0 Å². The highest BCUT2D eigenvalue weighted by atomic mass is 16.5. The largest absolute Gasteiger partial charge is 0.358 e. The monoisotopic (exact) mass is 201 g/mol. The van der Waals surface area contributed by atoms with Gasteiger partial charge in [-0.25, -0.2) is 0 Å². The fourth-order valence-electron chi connectivity index (χ4n) is 1.57.